The van der Waals surface area contributed by atoms with Gasteiger partial charge < -0.3 is 14.1 Å². The first-order valence-corrected chi connectivity index (χ1v) is 17.4. The van der Waals surface area contributed by atoms with Crippen LogP contribution in [0.5, 0.6) is 0 Å². The molecule has 0 radical (unpaired) electrons. The fraction of sp³-hybridized carbons (Fsp3) is 0.800. The van der Waals surface area contributed by atoms with Crippen LogP contribution in [0.25, 0.3) is 0 Å². The fourth-order valence-corrected chi connectivity index (χ4v) is 9.47. The number of oxazole rings is 1. The third-order valence-electron chi connectivity index (χ3n) is 10.3. The number of halogens is 2. The van der Waals surface area contributed by atoms with Crippen LogP contribution in [-0.2, 0) is 19.3 Å². The molecule has 9 atom stereocenters. The summed E-state index contributed by atoms with van der Waals surface area (Å²) in [7, 11) is -3.10. The van der Waals surface area contributed by atoms with Gasteiger partial charge in [-0.1, -0.05) is 12.8 Å². The van der Waals surface area contributed by atoms with Crippen molar-refractivity contribution in [2.75, 3.05) is 6.26 Å². The molecule has 3 heterocycles. The van der Waals surface area contributed by atoms with E-state index < -0.39 is 34.4 Å². The molecule has 42 heavy (non-hydrogen) atoms. The zero-order valence-electron chi connectivity index (χ0n) is 24.8. The van der Waals surface area contributed by atoms with E-state index in [-0.39, 0.29) is 23.1 Å². The van der Waals surface area contributed by atoms with E-state index in [9.17, 15) is 22.3 Å². The highest BCUT2D eigenvalue weighted by atomic mass is 32.2. The van der Waals surface area contributed by atoms with Crippen molar-refractivity contribution in [3.05, 3.63) is 35.1 Å². The molecule has 9 nitrogen and oxygen atoms in total. The van der Waals surface area contributed by atoms with Gasteiger partial charge in [-0.2, -0.15) is 0 Å². The Morgan fingerprint density at radius 3 is 2.45 bits per heavy atom. The number of alkyl halides is 2. The number of aromatic nitrogens is 3. The number of aryl methyl sites for hydroxylation is 2. The van der Waals surface area contributed by atoms with Gasteiger partial charge in [-0.3, -0.25) is 9.47 Å². The lowest BCUT2D eigenvalue weighted by molar-refractivity contribution is -0.351. The summed E-state index contributed by atoms with van der Waals surface area (Å²) in [5.74, 6) is 2.59. The van der Waals surface area contributed by atoms with Crippen molar-refractivity contribution in [3.8, 4) is 0 Å². The fourth-order valence-electron chi connectivity index (χ4n) is 8.28. The normalized spacial score (nSPS) is 36.1. The Bertz CT molecular complexity index is 1390. The molecule has 234 valence electrons. The molecule has 1 aliphatic heterocycles. The van der Waals surface area contributed by atoms with Gasteiger partial charge >= 0.3 is 6.29 Å². The van der Waals surface area contributed by atoms with E-state index in [0.29, 0.717) is 49.1 Å². The average molecular weight is 612 g/mol. The van der Waals surface area contributed by atoms with Gasteiger partial charge in [0.2, 0.25) is 0 Å². The highest BCUT2D eigenvalue weighted by molar-refractivity contribution is 7.91. The highest BCUT2D eigenvalue weighted by Crippen LogP contribution is 2.52. The molecular weight excluding hydrogens is 568 g/mol. The number of aliphatic hydroxyl groups excluding tert-OH is 1. The summed E-state index contributed by atoms with van der Waals surface area (Å²) in [6, 6.07) is 0.0190. The second-order valence-electron chi connectivity index (χ2n) is 13.2. The van der Waals surface area contributed by atoms with Gasteiger partial charge in [-0.25, -0.2) is 18.4 Å². The van der Waals surface area contributed by atoms with Crippen LogP contribution in [0.4, 0.5) is 8.78 Å². The van der Waals surface area contributed by atoms with Crippen molar-refractivity contribution in [1.29, 1.82) is 0 Å². The predicted molar refractivity (Wildman–Crippen MR) is 150 cm³/mol. The number of ether oxygens (including phenoxy) is 2. The summed E-state index contributed by atoms with van der Waals surface area (Å²) in [6.07, 6.45) is 5.17. The van der Waals surface area contributed by atoms with Gasteiger partial charge in [0.25, 0.3) is 0 Å². The molecule has 0 aromatic carbocycles. The van der Waals surface area contributed by atoms with Crippen molar-refractivity contribution in [2.45, 2.75) is 133 Å². The third kappa shape index (κ3) is 5.93. The van der Waals surface area contributed by atoms with E-state index in [1.54, 1.807) is 6.92 Å². The molecule has 1 N–H and O–H groups in total. The lowest BCUT2D eigenvalue weighted by atomic mass is 9.67. The van der Waals surface area contributed by atoms with Crippen LogP contribution < -0.4 is 0 Å². The molecular formula is C30H43F2N3O6S. The van der Waals surface area contributed by atoms with Crippen molar-refractivity contribution in [1.82, 2.24) is 14.5 Å². The smallest absolute Gasteiger partial charge is 0.445 e. The van der Waals surface area contributed by atoms with E-state index in [4.69, 9.17) is 18.9 Å². The number of nitrogens with zero attached hydrogens (tertiary/aromatic N) is 3. The second kappa shape index (κ2) is 11.2. The summed E-state index contributed by atoms with van der Waals surface area (Å²) < 4.78 is 70.9. The molecule has 2 aromatic rings. The zero-order valence-corrected chi connectivity index (χ0v) is 25.7. The van der Waals surface area contributed by atoms with Crippen molar-refractivity contribution >= 4 is 9.84 Å². The maximum Gasteiger partial charge on any atom is 0.486 e. The van der Waals surface area contributed by atoms with Crippen LogP contribution in [0.2, 0.25) is 0 Å². The number of rotatable bonds is 6. The quantitative estimate of drug-likeness (QED) is 0.431. The zero-order chi connectivity index (χ0) is 30.0. The van der Waals surface area contributed by atoms with E-state index >= 15 is 0 Å². The molecule has 2 aromatic heterocycles. The Hall–Kier alpha value is -1.89. The van der Waals surface area contributed by atoms with Gasteiger partial charge in [-0.05, 0) is 77.0 Å². The largest absolute Gasteiger partial charge is 0.486 e. The van der Waals surface area contributed by atoms with E-state index in [2.05, 4.69) is 9.55 Å². The maximum atomic E-state index is 13.9. The van der Waals surface area contributed by atoms with Crippen LogP contribution in [-0.4, -0.2) is 58.1 Å². The minimum atomic E-state index is -3.56. The Labute approximate surface area is 246 Å². The number of sulfone groups is 1. The number of hydrogen-bond donors (Lipinski definition) is 1. The van der Waals surface area contributed by atoms with Crippen molar-refractivity contribution in [3.63, 3.8) is 0 Å². The van der Waals surface area contributed by atoms with Gasteiger partial charge in [0.1, 0.15) is 21.4 Å². The van der Waals surface area contributed by atoms with Gasteiger partial charge in [-0.15, -0.1) is 8.78 Å². The first-order valence-electron chi connectivity index (χ1n) is 15.4. The van der Waals surface area contributed by atoms with Gasteiger partial charge in [0, 0.05) is 37.3 Å². The van der Waals surface area contributed by atoms with Crippen LogP contribution in [0.15, 0.2) is 10.6 Å². The number of imidazole rings is 1. The second-order valence-corrected chi connectivity index (χ2v) is 15.5. The Morgan fingerprint density at radius 1 is 1.00 bits per heavy atom. The molecule has 0 bridgehead atoms. The molecule has 4 fully saturated rings. The maximum absolute atomic E-state index is 13.9. The molecule has 12 heteroatoms. The molecule has 4 aliphatic rings. The van der Waals surface area contributed by atoms with Crippen LogP contribution in [0, 0.1) is 25.7 Å². The Kier molecular flexibility index (Phi) is 8.06. The molecule has 3 saturated carbocycles. The van der Waals surface area contributed by atoms with E-state index in [1.165, 1.54) is 6.26 Å². The topological polar surface area (TPSA) is 117 Å². The average Bonchev–Trinajstić information content (AvgIpc) is 3.60. The van der Waals surface area contributed by atoms with Crippen LogP contribution in [0.1, 0.15) is 124 Å². The Balaban J connectivity index is 1.33. The molecule has 6 rings (SSSR count). The van der Waals surface area contributed by atoms with Gasteiger partial charge in [0.05, 0.1) is 34.9 Å². The van der Waals surface area contributed by atoms with Crippen LogP contribution >= 0.6 is 0 Å². The van der Waals surface area contributed by atoms with E-state index in [0.717, 1.165) is 55.8 Å². The summed E-state index contributed by atoms with van der Waals surface area (Å²) in [4.78, 5) is 9.57. The number of fused-ring (bicyclic) bond motifs is 1. The summed E-state index contributed by atoms with van der Waals surface area (Å²) in [5, 5.41) is 9.96. The first kappa shape index (κ1) is 30.1. The lowest BCUT2D eigenvalue weighted by Gasteiger charge is -2.42. The summed E-state index contributed by atoms with van der Waals surface area (Å²) in [5.41, 5.74) is 1.48. The number of aliphatic hydroxyl groups is 1. The monoisotopic (exact) mass is 611 g/mol. The lowest BCUT2D eigenvalue weighted by Crippen LogP contribution is -2.35. The first-order chi connectivity index (χ1) is 19.8. The predicted octanol–water partition coefficient (Wildman–Crippen LogP) is 5.87. The van der Waals surface area contributed by atoms with Crippen molar-refractivity contribution in [2.24, 2.45) is 11.8 Å². The molecule has 0 amide bonds. The molecule has 0 spiro atoms. The minimum Gasteiger partial charge on any atom is -0.445 e. The standard InChI is InChI=1S/C30H43F2N3O6S/c1-16(36)24-15-35(17(2)33-24)25-10-8-20(19-6-5-7-22(12-19)42(4,37)38)13-23(25)28-29(39-18(3)34-28)21-9-11-26-27(14-21)41-30(31,32)40-26/h15-16,19-23,25-27,36H,5-14H2,1-4H3. The minimum absolute atomic E-state index is 0.0190. The third-order valence-corrected chi connectivity index (χ3v) is 12.0. The Morgan fingerprint density at radius 2 is 1.74 bits per heavy atom. The van der Waals surface area contributed by atoms with E-state index in [1.807, 2.05) is 20.0 Å². The molecule has 9 unspecified atom stereocenters. The SMILES string of the molecule is Cc1nc(C2CC(C3CCCC(S(C)(=O)=O)C3)CCC2n2cc(C(C)O)nc2C)c(C2CCC3OC(F)(F)OC3C2)o1. The summed E-state index contributed by atoms with van der Waals surface area (Å²) >= 11 is 0. The van der Waals surface area contributed by atoms with Crippen molar-refractivity contribution < 1.29 is 36.2 Å². The number of hydrogen-bond acceptors (Lipinski definition) is 8. The molecule has 3 aliphatic carbocycles. The highest BCUT2D eigenvalue weighted by Gasteiger charge is 2.52. The molecule has 1 saturated heterocycles. The van der Waals surface area contributed by atoms with Gasteiger partial charge in [0.15, 0.2) is 5.89 Å². The summed E-state index contributed by atoms with van der Waals surface area (Å²) in [6.45, 7) is 5.47. The van der Waals surface area contributed by atoms with Crippen LogP contribution in [0.3, 0.4) is 0 Å².